The van der Waals surface area contributed by atoms with E-state index >= 15 is 0 Å². The first kappa shape index (κ1) is 11.3. The number of aromatic carboxylic acids is 1. The van der Waals surface area contributed by atoms with Gasteiger partial charge in [-0.05, 0) is 30.3 Å². The molecule has 0 saturated carbocycles. The van der Waals surface area contributed by atoms with E-state index in [1.807, 2.05) is 18.2 Å². The van der Waals surface area contributed by atoms with Gasteiger partial charge in [0, 0.05) is 22.7 Å². The Kier molecular flexibility index (Phi) is 2.49. The Balaban J connectivity index is 2.06. The number of nitrogens with two attached hydrogens (primary N) is 1. The van der Waals surface area contributed by atoms with E-state index in [9.17, 15) is 4.79 Å². The molecule has 1 heterocycles. The lowest BCUT2D eigenvalue weighted by Crippen LogP contribution is -1.94. The maximum atomic E-state index is 10.8. The van der Waals surface area contributed by atoms with E-state index in [0.29, 0.717) is 11.4 Å². The summed E-state index contributed by atoms with van der Waals surface area (Å²) in [4.78, 5) is 10.8. The van der Waals surface area contributed by atoms with Gasteiger partial charge in [-0.15, -0.1) is 0 Å². The molecule has 0 fully saturated rings. The molecule has 0 spiro atoms. The molecule has 19 heavy (non-hydrogen) atoms. The quantitative estimate of drug-likeness (QED) is 0.686. The summed E-state index contributed by atoms with van der Waals surface area (Å²) in [5.74, 6) is -0.249. The maximum Gasteiger partial charge on any atom is 0.335 e. The van der Waals surface area contributed by atoms with Crippen LogP contribution in [0.25, 0.3) is 22.3 Å². The van der Waals surface area contributed by atoms with Crippen molar-refractivity contribution in [2.75, 3.05) is 5.73 Å². The second kappa shape index (κ2) is 4.17. The number of fused-ring (bicyclic) bond motifs is 1. The van der Waals surface area contributed by atoms with Crippen molar-refractivity contribution in [1.82, 2.24) is 0 Å². The Labute approximate surface area is 109 Å². The topological polar surface area (TPSA) is 76.5 Å². The van der Waals surface area contributed by atoms with Gasteiger partial charge in [0.15, 0.2) is 0 Å². The van der Waals surface area contributed by atoms with Gasteiger partial charge in [0.25, 0.3) is 0 Å². The third kappa shape index (κ3) is 2.04. The van der Waals surface area contributed by atoms with Crippen molar-refractivity contribution < 1.29 is 14.3 Å². The summed E-state index contributed by atoms with van der Waals surface area (Å²) >= 11 is 0. The molecule has 0 unspecified atom stereocenters. The van der Waals surface area contributed by atoms with E-state index in [1.54, 1.807) is 30.3 Å². The number of rotatable bonds is 2. The summed E-state index contributed by atoms with van der Waals surface area (Å²) in [5.41, 5.74) is 8.15. The SMILES string of the molecule is Nc1ccc2cc(-c3ccc(C(=O)O)cc3)oc2c1. The highest BCUT2D eigenvalue weighted by Crippen LogP contribution is 2.29. The predicted molar refractivity (Wildman–Crippen MR) is 73.0 cm³/mol. The molecule has 2 aromatic carbocycles. The first-order valence-electron chi connectivity index (χ1n) is 5.76. The molecule has 1 aromatic heterocycles. The fraction of sp³-hybridized carbons (Fsp3) is 0. The van der Waals surface area contributed by atoms with Gasteiger partial charge in [0.1, 0.15) is 11.3 Å². The molecule has 0 saturated heterocycles. The van der Waals surface area contributed by atoms with Crippen LogP contribution in [0, 0.1) is 0 Å². The van der Waals surface area contributed by atoms with E-state index in [2.05, 4.69) is 0 Å². The average Bonchev–Trinajstić information content (AvgIpc) is 2.81. The van der Waals surface area contributed by atoms with Gasteiger partial charge in [-0.3, -0.25) is 0 Å². The highest BCUT2D eigenvalue weighted by Gasteiger charge is 2.08. The van der Waals surface area contributed by atoms with E-state index in [-0.39, 0.29) is 5.56 Å². The Morgan fingerprint density at radius 2 is 1.79 bits per heavy atom. The lowest BCUT2D eigenvalue weighted by atomic mass is 10.1. The van der Waals surface area contributed by atoms with E-state index in [1.165, 1.54) is 0 Å². The van der Waals surface area contributed by atoms with Crippen LogP contribution in [0.4, 0.5) is 5.69 Å². The van der Waals surface area contributed by atoms with Crippen LogP contribution in [0.5, 0.6) is 0 Å². The van der Waals surface area contributed by atoms with Gasteiger partial charge in [-0.25, -0.2) is 4.79 Å². The number of hydrogen-bond acceptors (Lipinski definition) is 3. The van der Waals surface area contributed by atoms with Crippen LogP contribution >= 0.6 is 0 Å². The zero-order valence-corrected chi connectivity index (χ0v) is 9.96. The number of furan rings is 1. The molecule has 94 valence electrons. The molecule has 4 nitrogen and oxygen atoms in total. The van der Waals surface area contributed by atoms with E-state index in [4.69, 9.17) is 15.3 Å². The van der Waals surface area contributed by atoms with Crippen LogP contribution in [-0.2, 0) is 0 Å². The van der Waals surface area contributed by atoms with Crippen LogP contribution in [0.2, 0.25) is 0 Å². The first-order chi connectivity index (χ1) is 9.13. The van der Waals surface area contributed by atoms with E-state index < -0.39 is 5.97 Å². The zero-order valence-electron chi connectivity index (χ0n) is 9.96. The maximum absolute atomic E-state index is 10.8. The summed E-state index contributed by atoms with van der Waals surface area (Å²) < 4.78 is 5.71. The molecule has 3 aromatic rings. The van der Waals surface area contributed by atoms with Gasteiger partial charge < -0.3 is 15.3 Å². The van der Waals surface area contributed by atoms with Gasteiger partial charge >= 0.3 is 5.97 Å². The lowest BCUT2D eigenvalue weighted by molar-refractivity contribution is 0.0697. The van der Waals surface area contributed by atoms with Crippen molar-refractivity contribution in [3.05, 3.63) is 54.1 Å². The highest BCUT2D eigenvalue weighted by molar-refractivity contribution is 5.89. The van der Waals surface area contributed by atoms with Crippen LogP contribution in [0.1, 0.15) is 10.4 Å². The molecule has 0 aliphatic rings. The predicted octanol–water partition coefficient (Wildman–Crippen LogP) is 3.38. The second-order valence-corrected chi connectivity index (χ2v) is 4.29. The van der Waals surface area contributed by atoms with Crippen LogP contribution in [0.3, 0.4) is 0 Å². The zero-order chi connectivity index (χ0) is 13.4. The van der Waals surface area contributed by atoms with Crippen molar-refractivity contribution >= 4 is 22.6 Å². The Hall–Kier alpha value is -2.75. The first-order valence-corrected chi connectivity index (χ1v) is 5.76. The van der Waals surface area contributed by atoms with Gasteiger partial charge in [0.2, 0.25) is 0 Å². The molecule has 0 bridgehead atoms. The Morgan fingerprint density at radius 1 is 1.05 bits per heavy atom. The molecule has 0 aliphatic heterocycles. The summed E-state index contributed by atoms with van der Waals surface area (Å²) in [6, 6.07) is 13.9. The molecular formula is C15H11NO3. The van der Waals surface area contributed by atoms with Gasteiger partial charge in [0.05, 0.1) is 5.56 Å². The molecule has 0 atom stereocenters. The largest absolute Gasteiger partial charge is 0.478 e. The molecule has 4 heteroatoms. The van der Waals surface area contributed by atoms with Crippen molar-refractivity contribution in [2.24, 2.45) is 0 Å². The molecule has 0 amide bonds. The minimum atomic E-state index is -0.941. The summed E-state index contributed by atoms with van der Waals surface area (Å²) in [5, 5.41) is 9.82. The van der Waals surface area contributed by atoms with Crippen molar-refractivity contribution in [1.29, 1.82) is 0 Å². The summed E-state index contributed by atoms with van der Waals surface area (Å²) in [6.45, 7) is 0. The Morgan fingerprint density at radius 3 is 2.47 bits per heavy atom. The molecular weight excluding hydrogens is 242 g/mol. The third-order valence-electron chi connectivity index (χ3n) is 2.96. The number of nitrogen functional groups attached to an aromatic ring is 1. The van der Waals surface area contributed by atoms with Crippen LogP contribution in [0.15, 0.2) is 52.9 Å². The van der Waals surface area contributed by atoms with Crippen LogP contribution in [-0.4, -0.2) is 11.1 Å². The number of benzene rings is 2. The lowest BCUT2D eigenvalue weighted by Gasteiger charge is -1.97. The second-order valence-electron chi connectivity index (χ2n) is 4.29. The molecule has 0 radical (unpaired) electrons. The average molecular weight is 253 g/mol. The number of carbonyl (C=O) groups is 1. The minimum absolute atomic E-state index is 0.254. The van der Waals surface area contributed by atoms with E-state index in [0.717, 1.165) is 16.5 Å². The molecule has 3 N–H and O–H groups in total. The third-order valence-corrected chi connectivity index (χ3v) is 2.96. The number of anilines is 1. The summed E-state index contributed by atoms with van der Waals surface area (Å²) in [7, 11) is 0. The number of carboxylic acid groups (broad SMARTS) is 1. The monoisotopic (exact) mass is 253 g/mol. The van der Waals surface area contributed by atoms with Crippen molar-refractivity contribution in [2.45, 2.75) is 0 Å². The number of carboxylic acids is 1. The smallest absolute Gasteiger partial charge is 0.335 e. The Bertz CT molecular complexity index is 757. The highest BCUT2D eigenvalue weighted by atomic mass is 16.4. The van der Waals surface area contributed by atoms with Gasteiger partial charge in [-0.1, -0.05) is 12.1 Å². The standard InChI is InChI=1S/C15H11NO3/c16-12-6-5-11-7-13(19-14(11)8-12)9-1-3-10(4-2-9)15(17)18/h1-8H,16H2,(H,17,18). The fourth-order valence-electron chi connectivity index (χ4n) is 1.97. The normalized spacial score (nSPS) is 10.7. The summed E-state index contributed by atoms with van der Waals surface area (Å²) in [6.07, 6.45) is 0. The molecule has 3 rings (SSSR count). The van der Waals surface area contributed by atoms with Crippen molar-refractivity contribution in [3.8, 4) is 11.3 Å². The van der Waals surface area contributed by atoms with Crippen LogP contribution < -0.4 is 5.73 Å². The van der Waals surface area contributed by atoms with Gasteiger partial charge in [-0.2, -0.15) is 0 Å². The molecule has 0 aliphatic carbocycles. The minimum Gasteiger partial charge on any atom is -0.478 e. The van der Waals surface area contributed by atoms with Crippen molar-refractivity contribution in [3.63, 3.8) is 0 Å². The fourth-order valence-corrected chi connectivity index (χ4v) is 1.97. The number of hydrogen-bond donors (Lipinski definition) is 2.